The smallest absolute Gasteiger partial charge is 0.322 e. The van der Waals surface area contributed by atoms with Gasteiger partial charge in [-0.15, -0.1) is 0 Å². The van der Waals surface area contributed by atoms with Crippen molar-refractivity contribution in [3.05, 3.63) is 0 Å². The summed E-state index contributed by atoms with van der Waals surface area (Å²) < 4.78 is 4.53. The Labute approximate surface area is 83.2 Å². The second-order valence-corrected chi connectivity index (χ2v) is 4.13. The predicted octanol–water partition coefficient (Wildman–Crippen LogP) is 1.44. The van der Waals surface area contributed by atoms with Crippen molar-refractivity contribution in [1.82, 2.24) is 0 Å². The SMILES string of the molecule is COC(=O)C(C)(CC1CCC1)C(=O)O. The van der Waals surface area contributed by atoms with Crippen LogP contribution in [0.3, 0.4) is 0 Å². The molecule has 14 heavy (non-hydrogen) atoms. The van der Waals surface area contributed by atoms with Crippen molar-refractivity contribution in [2.75, 3.05) is 7.11 Å². The van der Waals surface area contributed by atoms with Crippen LogP contribution in [0.4, 0.5) is 0 Å². The normalized spacial score (nSPS) is 20.7. The number of methoxy groups -OCH3 is 1. The van der Waals surface area contributed by atoms with Gasteiger partial charge in [-0.05, 0) is 19.3 Å². The van der Waals surface area contributed by atoms with Gasteiger partial charge in [-0.25, -0.2) is 0 Å². The molecule has 0 radical (unpaired) electrons. The third-order valence-electron chi connectivity index (χ3n) is 3.03. The maximum absolute atomic E-state index is 11.3. The average molecular weight is 200 g/mol. The summed E-state index contributed by atoms with van der Waals surface area (Å²) in [5, 5.41) is 9.00. The van der Waals surface area contributed by atoms with Gasteiger partial charge in [0.2, 0.25) is 0 Å². The maximum Gasteiger partial charge on any atom is 0.322 e. The van der Waals surface area contributed by atoms with E-state index in [0.29, 0.717) is 12.3 Å². The second-order valence-electron chi connectivity index (χ2n) is 4.13. The molecule has 4 nitrogen and oxygen atoms in total. The minimum Gasteiger partial charge on any atom is -0.480 e. The van der Waals surface area contributed by atoms with E-state index in [1.807, 2.05) is 0 Å². The van der Waals surface area contributed by atoms with Gasteiger partial charge in [0, 0.05) is 0 Å². The molecule has 80 valence electrons. The van der Waals surface area contributed by atoms with Crippen LogP contribution in [0, 0.1) is 11.3 Å². The van der Waals surface area contributed by atoms with E-state index in [1.165, 1.54) is 14.0 Å². The van der Waals surface area contributed by atoms with Crippen LogP contribution in [0.2, 0.25) is 0 Å². The highest BCUT2D eigenvalue weighted by Crippen LogP contribution is 2.38. The summed E-state index contributed by atoms with van der Waals surface area (Å²) >= 11 is 0. The van der Waals surface area contributed by atoms with Crippen molar-refractivity contribution in [2.24, 2.45) is 11.3 Å². The number of hydrogen-bond acceptors (Lipinski definition) is 3. The first-order chi connectivity index (χ1) is 6.50. The molecule has 1 fully saturated rings. The summed E-state index contributed by atoms with van der Waals surface area (Å²) in [6.07, 6.45) is 3.59. The molecule has 0 aromatic carbocycles. The van der Waals surface area contributed by atoms with E-state index < -0.39 is 17.4 Å². The van der Waals surface area contributed by atoms with Crippen LogP contribution in [0.15, 0.2) is 0 Å². The monoisotopic (exact) mass is 200 g/mol. The van der Waals surface area contributed by atoms with Gasteiger partial charge in [-0.3, -0.25) is 9.59 Å². The summed E-state index contributed by atoms with van der Waals surface area (Å²) in [5.41, 5.74) is -1.36. The molecule has 1 saturated carbocycles. The largest absolute Gasteiger partial charge is 0.480 e. The molecule has 1 unspecified atom stereocenters. The van der Waals surface area contributed by atoms with Crippen molar-refractivity contribution in [3.63, 3.8) is 0 Å². The molecule has 0 aliphatic heterocycles. The lowest BCUT2D eigenvalue weighted by Crippen LogP contribution is -2.40. The van der Waals surface area contributed by atoms with E-state index >= 15 is 0 Å². The molecule has 0 saturated heterocycles. The Morgan fingerprint density at radius 1 is 1.50 bits per heavy atom. The van der Waals surface area contributed by atoms with Crippen molar-refractivity contribution in [2.45, 2.75) is 32.6 Å². The molecule has 4 heteroatoms. The van der Waals surface area contributed by atoms with Crippen molar-refractivity contribution in [3.8, 4) is 0 Å². The summed E-state index contributed by atoms with van der Waals surface area (Å²) in [7, 11) is 1.23. The van der Waals surface area contributed by atoms with E-state index in [0.717, 1.165) is 19.3 Å². The fraction of sp³-hybridized carbons (Fsp3) is 0.800. The van der Waals surface area contributed by atoms with E-state index in [4.69, 9.17) is 5.11 Å². The Bertz CT molecular complexity index is 245. The number of carbonyl (C=O) groups is 2. The predicted molar refractivity (Wildman–Crippen MR) is 49.7 cm³/mol. The van der Waals surface area contributed by atoms with Gasteiger partial charge >= 0.3 is 11.9 Å². The molecular formula is C10H16O4. The van der Waals surface area contributed by atoms with Crippen LogP contribution in [-0.4, -0.2) is 24.2 Å². The lowest BCUT2D eigenvalue weighted by Gasteiger charge is -2.32. The van der Waals surface area contributed by atoms with Crippen LogP contribution in [-0.2, 0) is 14.3 Å². The van der Waals surface area contributed by atoms with Gasteiger partial charge in [-0.2, -0.15) is 0 Å². The molecule has 0 aromatic rings. The van der Waals surface area contributed by atoms with Gasteiger partial charge in [0.25, 0.3) is 0 Å². The number of aliphatic carboxylic acids is 1. The fourth-order valence-corrected chi connectivity index (χ4v) is 1.76. The van der Waals surface area contributed by atoms with E-state index in [9.17, 15) is 9.59 Å². The van der Waals surface area contributed by atoms with Gasteiger partial charge in [-0.1, -0.05) is 19.3 Å². The number of esters is 1. The first-order valence-electron chi connectivity index (χ1n) is 4.82. The van der Waals surface area contributed by atoms with Crippen LogP contribution >= 0.6 is 0 Å². The highest BCUT2D eigenvalue weighted by Gasteiger charge is 2.45. The topological polar surface area (TPSA) is 63.6 Å². The van der Waals surface area contributed by atoms with Crippen LogP contribution in [0.1, 0.15) is 32.6 Å². The highest BCUT2D eigenvalue weighted by molar-refractivity contribution is 5.98. The Morgan fingerprint density at radius 2 is 2.07 bits per heavy atom. The van der Waals surface area contributed by atoms with E-state index in [2.05, 4.69) is 4.74 Å². The summed E-state index contributed by atoms with van der Waals surface area (Å²) in [5.74, 6) is -1.36. The summed E-state index contributed by atoms with van der Waals surface area (Å²) in [6.45, 7) is 1.44. The van der Waals surface area contributed by atoms with Gasteiger partial charge < -0.3 is 9.84 Å². The van der Waals surface area contributed by atoms with Gasteiger partial charge in [0.15, 0.2) is 5.41 Å². The lowest BCUT2D eigenvalue weighted by molar-refractivity contribution is -0.167. The van der Waals surface area contributed by atoms with Crippen molar-refractivity contribution >= 4 is 11.9 Å². The van der Waals surface area contributed by atoms with Gasteiger partial charge in [0.05, 0.1) is 7.11 Å². The standard InChI is InChI=1S/C10H16O4/c1-10(8(11)12,9(13)14-2)6-7-4-3-5-7/h7H,3-6H2,1-2H3,(H,11,12). The maximum atomic E-state index is 11.3. The number of ether oxygens (including phenoxy) is 1. The number of carbonyl (C=O) groups excluding carboxylic acids is 1. The van der Waals surface area contributed by atoms with Crippen LogP contribution in [0.5, 0.6) is 0 Å². The number of carboxylic acid groups (broad SMARTS) is 1. The molecule has 0 heterocycles. The van der Waals surface area contributed by atoms with Crippen molar-refractivity contribution < 1.29 is 19.4 Å². The number of rotatable bonds is 4. The first-order valence-corrected chi connectivity index (χ1v) is 4.82. The third-order valence-corrected chi connectivity index (χ3v) is 3.03. The molecule has 0 spiro atoms. The Morgan fingerprint density at radius 3 is 2.36 bits per heavy atom. The molecule has 1 rings (SSSR count). The zero-order chi connectivity index (χ0) is 10.8. The number of carboxylic acids is 1. The van der Waals surface area contributed by atoms with Gasteiger partial charge in [0.1, 0.15) is 0 Å². The zero-order valence-corrected chi connectivity index (χ0v) is 8.58. The molecular weight excluding hydrogens is 184 g/mol. The zero-order valence-electron chi connectivity index (χ0n) is 8.58. The minimum atomic E-state index is -1.36. The first kappa shape index (κ1) is 11.0. The summed E-state index contributed by atoms with van der Waals surface area (Å²) in [6, 6.07) is 0. The third kappa shape index (κ3) is 1.89. The molecule has 0 amide bonds. The molecule has 0 aromatic heterocycles. The quantitative estimate of drug-likeness (QED) is 0.551. The second kappa shape index (κ2) is 3.98. The Balaban J connectivity index is 2.69. The highest BCUT2D eigenvalue weighted by atomic mass is 16.5. The molecule has 1 aliphatic rings. The molecule has 0 bridgehead atoms. The Kier molecular flexibility index (Phi) is 3.13. The molecule has 1 aliphatic carbocycles. The fourth-order valence-electron chi connectivity index (χ4n) is 1.76. The Hall–Kier alpha value is -1.06. The number of hydrogen-bond donors (Lipinski definition) is 1. The van der Waals surface area contributed by atoms with Crippen molar-refractivity contribution in [1.29, 1.82) is 0 Å². The van der Waals surface area contributed by atoms with E-state index in [1.54, 1.807) is 0 Å². The minimum absolute atomic E-state index is 0.371. The molecule has 1 N–H and O–H groups in total. The summed E-state index contributed by atoms with van der Waals surface area (Å²) in [4.78, 5) is 22.3. The molecule has 1 atom stereocenters. The van der Waals surface area contributed by atoms with Crippen LogP contribution < -0.4 is 0 Å². The lowest BCUT2D eigenvalue weighted by atomic mass is 9.72. The average Bonchev–Trinajstić information content (AvgIpc) is 2.09. The van der Waals surface area contributed by atoms with E-state index in [-0.39, 0.29) is 0 Å². The van der Waals surface area contributed by atoms with Crippen LogP contribution in [0.25, 0.3) is 0 Å².